The number of rotatable bonds is 2. The Labute approximate surface area is 85.4 Å². The molecule has 1 amide bonds. The number of carbonyl (C=O) groups is 1. The van der Waals surface area contributed by atoms with Crippen molar-refractivity contribution >= 4 is 5.91 Å². The molecule has 0 aliphatic carbocycles. The van der Waals surface area contributed by atoms with Gasteiger partial charge in [-0.15, -0.1) is 6.42 Å². The first-order valence-corrected chi connectivity index (χ1v) is 4.85. The van der Waals surface area contributed by atoms with E-state index in [0.717, 1.165) is 32.6 Å². The molecule has 0 aromatic carbocycles. The smallest absolute Gasteiger partial charge is 0.245 e. The summed E-state index contributed by atoms with van der Waals surface area (Å²) in [5, 5.41) is 0. The molecule has 0 radical (unpaired) electrons. The van der Waals surface area contributed by atoms with E-state index < -0.39 is 0 Å². The summed E-state index contributed by atoms with van der Waals surface area (Å²) in [6, 6.07) is 0. The van der Waals surface area contributed by atoms with Crippen molar-refractivity contribution in [3.8, 4) is 12.3 Å². The number of nitrogens with zero attached hydrogens (tertiary/aromatic N) is 2. The minimum Gasteiger partial charge on any atom is -0.338 e. The zero-order chi connectivity index (χ0) is 10.4. The van der Waals surface area contributed by atoms with E-state index in [0.29, 0.717) is 6.54 Å². The number of hydrogen-bond acceptors (Lipinski definition) is 2. The monoisotopic (exact) mass is 192 g/mol. The largest absolute Gasteiger partial charge is 0.338 e. The zero-order valence-corrected chi connectivity index (χ0v) is 8.41. The summed E-state index contributed by atoms with van der Waals surface area (Å²) < 4.78 is 0. The Morgan fingerprint density at radius 2 is 2.21 bits per heavy atom. The van der Waals surface area contributed by atoms with Gasteiger partial charge in [0.05, 0.1) is 6.54 Å². The standard InChI is InChI=1S/C11H16N2O/c1-3-6-12-7-5-8-13(10-9-12)11(14)4-2/h1,4H,2,5-10H2. The van der Waals surface area contributed by atoms with Gasteiger partial charge >= 0.3 is 0 Å². The lowest BCUT2D eigenvalue weighted by Crippen LogP contribution is -2.34. The molecule has 3 nitrogen and oxygen atoms in total. The van der Waals surface area contributed by atoms with Crippen LogP contribution in [-0.4, -0.2) is 48.4 Å². The molecule has 1 heterocycles. The predicted octanol–water partition coefficient (Wildman–Crippen LogP) is 0.340. The van der Waals surface area contributed by atoms with Crippen molar-refractivity contribution < 1.29 is 4.79 Å². The number of amides is 1. The first kappa shape index (κ1) is 10.8. The van der Waals surface area contributed by atoms with E-state index in [9.17, 15) is 4.79 Å². The molecule has 0 unspecified atom stereocenters. The van der Waals surface area contributed by atoms with Gasteiger partial charge in [0.2, 0.25) is 5.91 Å². The highest BCUT2D eigenvalue weighted by atomic mass is 16.2. The van der Waals surface area contributed by atoms with Crippen LogP contribution in [0.3, 0.4) is 0 Å². The molecule has 76 valence electrons. The average molecular weight is 192 g/mol. The normalized spacial score (nSPS) is 18.4. The van der Waals surface area contributed by atoms with Crippen LogP contribution in [0.4, 0.5) is 0 Å². The number of terminal acetylenes is 1. The molecule has 0 saturated carbocycles. The van der Waals surface area contributed by atoms with Gasteiger partial charge in [0, 0.05) is 26.2 Å². The minimum absolute atomic E-state index is 0.0209. The second-order valence-electron chi connectivity index (χ2n) is 3.36. The minimum atomic E-state index is 0.0209. The Hall–Kier alpha value is -1.27. The van der Waals surface area contributed by atoms with E-state index in [1.54, 1.807) is 0 Å². The Morgan fingerprint density at radius 1 is 1.43 bits per heavy atom. The van der Waals surface area contributed by atoms with Gasteiger partial charge < -0.3 is 4.90 Å². The SMILES string of the molecule is C#CCN1CCCN(C(=O)C=C)CC1. The fraction of sp³-hybridized carbons (Fsp3) is 0.545. The third kappa shape index (κ3) is 2.90. The van der Waals surface area contributed by atoms with E-state index in [1.807, 2.05) is 4.90 Å². The van der Waals surface area contributed by atoms with Crippen molar-refractivity contribution in [2.24, 2.45) is 0 Å². The quantitative estimate of drug-likeness (QED) is 0.465. The van der Waals surface area contributed by atoms with Crippen LogP contribution >= 0.6 is 0 Å². The van der Waals surface area contributed by atoms with Crippen molar-refractivity contribution in [2.45, 2.75) is 6.42 Å². The van der Waals surface area contributed by atoms with Crippen LogP contribution in [0.2, 0.25) is 0 Å². The van der Waals surface area contributed by atoms with E-state index in [1.165, 1.54) is 6.08 Å². The summed E-state index contributed by atoms with van der Waals surface area (Å²) in [4.78, 5) is 15.3. The van der Waals surface area contributed by atoms with Gasteiger partial charge in [0.15, 0.2) is 0 Å². The molecule has 1 aliphatic heterocycles. The molecule has 0 spiro atoms. The molecule has 0 aromatic rings. The Kier molecular flexibility index (Phi) is 4.21. The van der Waals surface area contributed by atoms with Crippen molar-refractivity contribution in [3.05, 3.63) is 12.7 Å². The third-order valence-electron chi connectivity index (χ3n) is 2.39. The van der Waals surface area contributed by atoms with E-state index in [4.69, 9.17) is 6.42 Å². The molecule has 0 bridgehead atoms. The topological polar surface area (TPSA) is 23.6 Å². The van der Waals surface area contributed by atoms with Crippen molar-refractivity contribution in [1.82, 2.24) is 9.80 Å². The molecule has 0 atom stereocenters. The highest BCUT2D eigenvalue weighted by Crippen LogP contribution is 2.02. The van der Waals surface area contributed by atoms with Crippen LogP contribution in [0.25, 0.3) is 0 Å². The second-order valence-corrected chi connectivity index (χ2v) is 3.36. The maximum Gasteiger partial charge on any atom is 0.245 e. The van der Waals surface area contributed by atoms with Crippen LogP contribution in [-0.2, 0) is 4.79 Å². The molecule has 3 heteroatoms. The summed E-state index contributed by atoms with van der Waals surface area (Å²) in [5.74, 6) is 2.65. The first-order valence-electron chi connectivity index (χ1n) is 4.85. The molecule has 0 aromatic heterocycles. The van der Waals surface area contributed by atoms with Crippen molar-refractivity contribution in [3.63, 3.8) is 0 Å². The summed E-state index contributed by atoms with van der Waals surface area (Å²) in [6.45, 7) is 7.57. The average Bonchev–Trinajstić information content (AvgIpc) is 2.43. The maximum absolute atomic E-state index is 11.3. The fourth-order valence-electron chi connectivity index (χ4n) is 1.61. The lowest BCUT2D eigenvalue weighted by atomic mass is 10.3. The summed E-state index contributed by atoms with van der Waals surface area (Å²) in [5.41, 5.74) is 0. The molecular weight excluding hydrogens is 176 g/mol. The van der Waals surface area contributed by atoms with Gasteiger partial charge in [-0.2, -0.15) is 0 Å². The Balaban J connectivity index is 2.45. The highest BCUT2D eigenvalue weighted by Gasteiger charge is 2.16. The van der Waals surface area contributed by atoms with Gasteiger partial charge in [0.1, 0.15) is 0 Å². The van der Waals surface area contributed by atoms with Crippen LogP contribution in [0.5, 0.6) is 0 Å². The molecule has 0 N–H and O–H groups in total. The Bertz CT molecular complexity index is 255. The molecule has 1 rings (SSSR count). The summed E-state index contributed by atoms with van der Waals surface area (Å²) in [6.07, 6.45) is 7.60. The maximum atomic E-state index is 11.3. The molecule has 14 heavy (non-hydrogen) atoms. The fourth-order valence-corrected chi connectivity index (χ4v) is 1.61. The first-order chi connectivity index (χ1) is 6.77. The highest BCUT2D eigenvalue weighted by molar-refractivity contribution is 5.86. The lowest BCUT2D eigenvalue weighted by molar-refractivity contribution is -0.125. The predicted molar refractivity (Wildman–Crippen MR) is 56.7 cm³/mol. The second kappa shape index (κ2) is 5.46. The van der Waals surface area contributed by atoms with Crippen LogP contribution in [0.15, 0.2) is 12.7 Å². The Morgan fingerprint density at radius 3 is 2.86 bits per heavy atom. The van der Waals surface area contributed by atoms with Gasteiger partial charge in [0.25, 0.3) is 0 Å². The number of hydrogen-bond donors (Lipinski definition) is 0. The number of carbonyl (C=O) groups excluding carboxylic acids is 1. The van der Waals surface area contributed by atoms with Crippen LogP contribution in [0, 0.1) is 12.3 Å². The van der Waals surface area contributed by atoms with Crippen molar-refractivity contribution in [2.75, 3.05) is 32.7 Å². The molecular formula is C11H16N2O. The van der Waals surface area contributed by atoms with E-state index in [-0.39, 0.29) is 5.91 Å². The van der Waals surface area contributed by atoms with Crippen LogP contribution < -0.4 is 0 Å². The van der Waals surface area contributed by atoms with Gasteiger partial charge in [-0.3, -0.25) is 9.69 Å². The van der Waals surface area contributed by atoms with E-state index in [2.05, 4.69) is 17.4 Å². The van der Waals surface area contributed by atoms with E-state index >= 15 is 0 Å². The third-order valence-corrected chi connectivity index (χ3v) is 2.39. The van der Waals surface area contributed by atoms with Crippen molar-refractivity contribution in [1.29, 1.82) is 0 Å². The molecule has 1 fully saturated rings. The zero-order valence-electron chi connectivity index (χ0n) is 8.41. The molecule has 1 saturated heterocycles. The van der Waals surface area contributed by atoms with Gasteiger partial charge in [-0.1, -0.05) is 12.5 Å². The van der Waals surface area contributed by atoms with Gasteiger partial charge in [-0.05, 0) is 12.5 Å². The summed E-state index contributed by atoms with van der Waals surface area (Å²) >= 11 is 0. The van der Waals surface area contributed by atoms with Crippen LogP contribution in [0.1, 0.15) is 6.42 Å². The summed E-state index contributed by atoms with van der Waals surface area (Å²) in [7, 11) is 0. The molecule has 1 aliphatic rings. The lowest BCUT2D eigenvalue weighted by Gasteiger charge is -2.19. The van der Waals surface area contributed by atoms with Gasteiger partial charge in [-0.25, -0.2) is 0 Å².